The van der Waals surface area contributed by atoms with Crippen LogP contribution in [0.1, 0.15) is 31.2 Å². The second-order valence-corrected chi connectivity index (χ2v) is 6.00. The summed E-state index contributed by atoms with van der Waals surface area (Å²) in [7, 11) is 0. The van der Waals surface area contributed by atoms with E-state index in [1.165, 1.54) is 0 Å². The van der Waals surface area contributed by atoms with Gasteiger partial charge in [-0.05, 0) is 29.7 Å². The van der Waals surface area contributed by atoms with Gasteiger partial charge >= 0.3 is 6.03 Å². The number of rotatable bonds is 5. The van der Waals surface area contributed by atoms with Gasteiger partial charge in [0.1, 0.15) is 6.33 Å². The Morgan fingerprint density at radius 2 is 1.80 bits per heavy atom. The first-order valence-corrected chi connectivity index (χ1v) is 8.23. The van der Waals surface area contributed by atoms with E-state index in [1.807, 2.05) is 59.2 Å². The highest BCUT2D eigenvalue weighted by Crippen LogP contribution is 2.23. The first-order chi connectivity index (χ1) is 12.1. The molecular formula is C19H21N5O. The fourth-order valence-electron chi connectivity index (χ4n) is 2.62. The summed E-state index contributed by atoms with van der Waals surface area (Å²) < 4.78 is 1.85. The predicted molar refractivity (Wildman–Crippen MR) is 97.7 cm³/mol. The molecule has 0 aliphatic heterocycles. The number of carbonyl (C=O) groups is 1. The van der Waals surface area contributed by atoms with Crippen molar-refractivity contribution in [1.82, 2.24) is 20.1 Å². The van der Waals surface area contributed by atoms with Gasteiger partial charge in [0.2, 0.25) is 0 Å². The standard InChI is InChI=1S/C19H21N5O/c1-14(2)16-10-6-7-11-17(16)22-19(25)20-12-18-23-21-13-24(18)15-8-4-3-5-9-15/h3-11,13-14H,12H2,1-2H3,(H2,20,22,25). The number of hydrogen-bond acceptors (Lipinski definition) is 3. The Morgan fingerprint density at radius 1 is 1.08 bits per heavy atom. The smallest absolute Gasteiger partial charge is 0.319 e. The van der Waals surface area contributed by atoms with E-state index in [2.05, 4.69) is 34.7 Å². The molecule has 0 saturated carbocycles. The van der Waals surface area contributed by atoms with Crippen LogP contribution in [0.15, 0.2) is 60.9 Å². The second-order valence-electron chi connectivity index (χ2n) is 6.00. The molecule has 3 aromatic rings. The molecule has 25 heavy (non-hydrogen) atoms. The van der Waals surface area contributed by atoms with Gasteiger partial charge in [0.25, 0.3) is 0 Å². The molecule has 0 aliphatic carbocycles. The maximum Gasteiger partial charge on any atom is 0.319 e. The van der Waals surface area contributed by atoms with Gasteiger partial charge in [0.05, 0.1) is 6.54 Å². The first-order valence-electron chi connectivity index (χ1n) is 8.23. The lowest BCUT2D eigenvalue weighted by molar-refractivity contribution is 0.251. The first kappa shape index (κ1) is 16.7. The van der Waals surface area contributed by atoms with Gasteiger partial charge in [-0.2, -0.15) is 0 Å². The SMILES string of the molecule is CC(C)c1ccccc1NC(=O)NCc1nncn1-c1ccccc1. The lowest BCUT2D eigenvalue weighted by Crippen LogP contribution is -2.29. The largest absolute Gasteiger partial charge is 0.331 e. The molecule has 0 radical (unpaired) electrons. The van der Waals surface area contributed by atoms with Crippen LogP contribution in [0.2, 0.25) is 0 Å². The van der Waals surface area contributed by atoms with Gasteiger partial charge in [0.15, 0.2) is 5.82 Å². The van der Waals surface area contributed by atoms with Crippen molar-refractivity contribution < 1.29 is 4.79 Å². The Bertz CT molecular complexity index is 842. The fourth-order valence-corrected chi connectivity index (χ4v) is 2.62. The summed E-state index contributed by atoms with van der Waals surface area (Å²) in [5, 5.41) is 13.8. The molecule has 0 bridgehead atoms. The summed E-state index contributed by atoms with van der Waals surface area (Å²) in [6.45, 7) is 4.48. The number of para-hydroxylation sites is 2. The number of anilines is 1. The zero-order valence-electron chi connectivity index (χ0n) is 14.3. The highest BCUT2D eigenvalue weighted by atomic mass is 16.2. The van der Waals surface area contributed by atoms with E-state index in [-0.39, 0.29) is 12.6 Å². The molecule has 0 saturated heterocycles. The summed E-state index contributed by atoms with van der Waals surface area (Å²) in [4.78, 5) is 12.3. The minimum Gasteiger partial charge on any atom is -0.331 e. The van der Waals surface area contributed by atoms with Gasteiger partial charge in [-0.15, -0.1) is 10.2 Å². The van der Waals surface area contributed by atoms with Crippen LogP contribution in [-0.4, -0.2) is 20.8 Å². The zero-order chi connectivity index (χ0) is 17.6. The number of carbonyl (C=O) groups excluding carboxylic acids is 1. The predicted octanol–water partition coefficient (Wildman–Crippen LogP) is 3.71. The van der Waals surface area contributed by atoms with Crippen LogP contribution in [-0.2, 0) is 6.54 Å². The molecule has 2 aromatic carbocycles. The topological polar surface area (TPSA) is 71.8 Å². The maximum absolute atomic E-state index is 12.3. The van der Waals surface area contributed by atoms with Crippen molar-refractivity contribution in [1.29, 1.82) is 0 Å². The van der Waals surface area contributed by atoms with Crippen LogP contribution in [0.3, 0.4) is 0 Å². The quantitative estimate of drug-likeness (QED) is 0.746. The van der Waals surface area contributed by atoms with Crippen molar-refractivity contribution in [2.75, 3.05) is 5.32 Å². The molecule has 0 aliphatic rings. The van der Waals surface area contributed by atoms with Crippen molar-refractivity contribution in [3.05, 3.63) is 72.3 Å². The molecule has 2 amide bonds. The molecule has 0 spiro atoms. The van der Waals surface area contributed by atoms with Crippen LogP contribution in [0.5, 0.6) is 0 Å². The summed E-state index contributed by atoms with van der Waals surface area (Å²) in [6, 6.07) is 17.3. The second kappa shape index (κ2) is 7.61. The number of nitrogens with one attached hydrogen (secondary N) is 2. The average Bonchev–Trinajstić information content (AvgIpc) is 3.09. The normalized spacial score (nSPS) is 10.7. The van der Waals surface area contributed by atoms with Crippen molar-refractivity contribution in [3.63, 3.8) is 0 Å². The van der Waals surface area contributed by atoms with E-state index in [0.29, 0.717) is 11.7 Å². The third-order valence-electron chi connectivity index (χ3n) is 3.89. The molecule has 128 valence electrons. The zero-order valence-corrected chi connectivity index (χ0v) is 14.3. The third kappa shape index (κ3) is 4.03. The van der Waals surface area contributed by atoms with Gasteiger partial charge in [0, 0.05) is 11.4 Å². The fraction of sp³-hybridized carbons (Fsp3) is 0.211. The van der Waals surface area contributed by atoms with Crippen molar-refractivity contribution in [3.8, 4) is 5.69 Å². The molecule has 0 unspecified atom stereocenters. The Labute approximate surface area is 146 Å². The van der Waals surface area contributed by atoms with E-state index in [0.717, 1.165) is 16.9 Å². The Kier molecular flexibility index (Phi) is 5.09. The van der Waals surface area contributed by atoms with E-state index in [1.54, 1.807) is 6.33 Å². The van der Waals surface area contributed by atoms with Crippen LogP contribution in [0.25, 0.3) is 5.69 Å². The molecule has 0 atom stereocenters. The van der Waals surface area contributed by atoms with Crippen molar-refractivity contribution >= 4 is 11.7 Å². The molecular weight excluding hydrogens is 314 g/mol. The van der Waals surface area contributed by atoms with Gasteiger partial charge < -0.3 is 10.6 Å². The monoisotopic (exact) mass is 335 g/mol. The lowest BCUT2D eigenvalue weighted by atomic mass is 10.0. The average molecular weight is 335 g/mol. The number of nitrogens with zero attached hydrogens (tertiary/aromatic N) is 3. The molecule has 6 heteroatoms. The number of amides is 2. The minimum absolute atomic E-state index is 0.268. The highest BCUT2D eigenvalue weighted by Gasteiger charge is 2.11. The van der Waals surface area contributed by atoms with Crippen molar-refractivity contribution in [2.24, 2.45) is 0 Å². The molecule has 2 N–H and O–H groups in total. The van der Waals surface area contributed by atoms with E-state index in [4.69, 9.17) is 0 Å². The minimum atomic E-state index is -0.268. The maximum atomic E-state index is 12.3. The number of aromatic nitrogens is 3. The summed E-state index contributed by atoms with van der Waals surface area (Å²) in [6.07, 6.45) is 1.64. The molecule has 3 rings (SSSR count). The Morgan fingerprint density at radius 3 is 2.56 bits per heavy atom. The van der Waals surface area contributed by atoms with Crippen LogP contribution in [0.4, 0.5) is 10.5 Å². The van der Waals surface area contributed by atoms with Crippen molar-refractivity contribution in [2.45, 2.75) is 26.3 Å². The number of urea groups is 1. The summed E-state index contributed by atoms with van der Waals surface area (Å²) >= 11 is 0. The van der Waals surface area contributed by atoms with Crippen LogP contribution < -0.4 is 10.6 Å². The molecule has 1 heterocycles. The Balaban J connectivity index is 1.66. The van der Waals surface area contributed by atoms with Crippen LogP contribution in [0, 0.1) is 0 Å². The lowest BCUT2D eigenvalue weighted by Gasteiger charge is -2.14. The highest BCUT2D eigenvalue weighted by molar-refractivity contribution is 5.90. The van der Waals surface area contributed by atoms with Gasteiger partial charge in [-0.3, -0.25) is 4.57 Å². The summed E-state index contributed by atoms with van der Waals surface area (Å²) in [5.41, 5.74) is 2.87. The Hall–Kier alpha value is -3.15. The van der Waals surface area contributed by atoms with Crippen LogP contribution >= 0.6 is 0 Å². The third-order valence-corrected chi connectivity index (χ3v) is 3.89. The molecule has 0 fully saturated rings. The van der Waals surface area contributed by atoms with Gasteiger partial charge in [-0.25, -0.2) is 4.79 Å². The van der Waals surface area contributed by atoms with Gasteiger partial charge in [-0.1, -0.05) is 50.2 Å². The number of benzene rings is 2. The number of hydrogen-bond donors (Lipinski definition) is 2. The molecule has 6 nitrogen and oxygen atoms in total. The summed E-state index contributed by atoms with van der Waals surface area (Å²) in [5.74, 6) is 0.996. The molecule has 1 aromatic heterocycles. The van der Waals surface area contributed by atoms with E-state index >= 15 is 0 Å². The van der Waals surface area contributed by atoms with E-state index < -0.39 is 0 Å². The van der Waals surface area contributed by atoms with E-state index in [9.17, 15) is 4.79 Å².